The molecule has 12 nitrogen and oxygen atoms in total. The molecule has 8 rings (SSSR count). The summed E-state index contributed by atoms with van der Waals surface area (Å²) in [5.74, 6) is -0.0260. The SMILES string of the molecule is CC(=O)Cl.CC(=O)Nc1nc(-c2ccccc2)c(-c2ccc3ncccc3c2)nc1C#N.N#Cc1nc(-c2ccc3ncccc3c2)c(-c2ccccc2)nc1N. The van der Waals surface area contributed by atoms with Crippen LogP contribution in [0.5, 0.6) is 0 Å². The Kier molecular flexibility index (Phi) is 12.2. The number of anilines is 2. The van der Waals surface area contributed by atoms with Crippen LogP contribution in [0, 0.1) is 22.7 Å². The molecule has 4 heterocycles. The summed E-state index contributed by atoms with van der Waals surface area (Å²) in [7, 11) is 0. The van der Waals surface area contributed by atoms with Crippen LogP contribution in [0.2, 0.25) is 0 Å². The first-order chi connectivity index (χ1) is 27.6. The number of nitrogens with one attached hydrogen (secondary N) is 1. The van der Waals surface area contributed by atoms with Crippen molar-refractivity contribution >= 4 is 56.2 Å². The Hall–Kier alpha value is -7.93. The highest BCUT2D eigenvalue weighted by Gasteiger charge is 2.19. The maximum atomic E-state index is 11.5. The molecule has 0 fully saturated rings. The van der Waals surface area contributed by atoms with Crippen LogP contribution in [0.1, 0.15) is 25.2 Å². The van der Waals surface area contributed by atoms with E-state index in [0.717, 1.165) is 44.1 Å². The standard InChI is InChI=1S/C22H15N5O.C20H13N5.C2H3ClO/c1-14(28)25-22-19(13-23)26-21(20(27-22)15-6-3-2-4-7-15)17-9-10-18-16(12-17)8-5-11-24-18;21-12-17-20(22)25-18(13-5-2-1-3-6-13)19(24-17)15-8-9-16-14(11-15)7-4-10-23-16;1-2(3)4/h2-12H,1H3,(H,25,27,28);1-11H,(H2,22,25);1H3. The van der Waals surface area contributed by atoms with Gasteiger partial charge in [0.2, 0.25) is 11.1 Å². The van der Waals surface area contributed by atoms with Gasteiger partial charge < -0.3 is 11.1 Å². The highest BCUT2D eigenvalue weighted by molar-refractivity contribution is 6.62. The monoisotopic (exact) mass is 766 g/mol. The van der Waals surface area contributed by atoms with Gasteiger partial charge in [-0.15, -0.1) is 0 Å². The number of nitriles is 2. The van der Waals surface area contributed by atoms with E-state index in [1.165, 1.54) is 13.8 Å². The van der Waals surface area contributed by atoms with Crippen molar-refractivity contribution in [3.8, 4) is 57.2 Å². The predicted octanol–water partition coefficient (Wildman–Crippen LogP) is 8.77. The van der Waals surface area contributed by atoms with Crippen molar-refractivity contribution in [2.75, 3.05) is 11.1 Å². The fourth-order valence-electron chi connectivity index (χ4n) is 5.74. The molecule has 0 aliphatic heterocycles. The highest BCUT2D eigenvalue weighted by atomic mass is 35.5. The number of benzene rings is 4. The number of halogens is 1. The summed E-state index contributed by atoms with van der Waals surface area (Å²) in [6.07, 6.45) is 3.50. The van der Waals surface area contributed by atoms with E-state index in [9.17, 15) is 20.1 Å². The van der Waals surface area contributed by atoms with Crippen LogP contribution in [0.25, 0.3) is 66.8 Å². The van der Waals surface area contributed by atoms with Crippen molar-refractivity contribution in [3.63, 3.8) is 0 Å². The van der Waals surface area contributed by atoms with Crippen molar-refractivity contribution in [2.45, 2.75) is 13.8 Å². The minimum atomic E-state index is -0.361. The number of carbonyl (C=O) groups is 2. The number of carbonyl (C=O) groups excluding carboxylic acids is 2. The number of nitrogens with zero attached hydrogens (tertiary/aromatic N) is 8. The molecule has 8 aromatic rings. The zero-order valence-corrected chi connectivity index (χ0v) is 31.3. The van der Waals surface area contributed by atoms with E-state index in [0.29, 0.717) is 22.8 Å². The summed E-state index contributed by atoms with van der Waals surface area (Å²) in [5, 5.41) is 23.0. The molecule has 0 spiro atoms. The number of amides is 1. The van der Waals surface area contributed by atoms with Gasteiger partial charge in [0, 0.05) is 59.3 Å². The fourth-order valence-corrected chi connectivity index (χ4v) is 5.74. The van der Waals surface area contributed by atoms with Gasteiger partial charge in [0.1, 0.15) is 12.1 Å². The molecule has 0 radical (unpaired) electrons. The average molecular weight is 767 g/mol. The lowest BCUT2D eigenvalue weighted by Crippen LogP contribution is -2.11. The van der Waals surface area contributed by atoms with Gasteiger partial charge >= 0.3 is 0 Å². The maximum Gasteiger partial charge on any atom is 0.222 e. The predicted molar refractivity (Wildman–Crippen MR) is 221 cm³/mol. The van der Waals surface area contributed by atoms with Gasteiger partial charge in [-0.2, -0.15) is 10.5 Å². The summed E-state index contributed by atoms with van der Waals surface area (Å²) >= 11 is 4.64. The molecular weight excluding hydrogens is 736 g/mol. The zero-order chi connectivity index (χ0) is 40.3. The van der Waals surface area contributed by atoms with Crippen LogP contribution in [0.3, 0.4) is 0 Å². The quantitative estimate of drug-likeness (QED) is 0.159. The second kappa shape index (κ2) is 17.9. The lowest BCUT2D eigenvalue weighted by atomic mass is 10.0. The second-order valence-electron chi connectivity index (χ2n) is 12.2. The summed E-state index contributed by atoms with van der Waals surface area (Å²) in [4.78, 5) is 47.5. The largest absolute Gasteiger partial charge is 0.381 e. The second-order valence-corrected chi connectivity index (χ2v) is 12.7. The highest BCUT2D eigenvalue weighted by Crippen LogP contribution is 2.34. The molecule has 4 aromatic heterocycles. The molecule has 57 heavy (non-hydrogen) atoms. The first-order valence-electron chi connectivity index (χ1n) is 17.3. The molecule has 0 saturated heterocycles. The van der Waals surface area contributed by atoms with Gasteiger partial charge in [-0.1, -0.05) is 84.9 Å². The topological polar surface area (TPSA) is 197 Å². The minimum Gasteiger partial charge on any atom is -0.381 e. The Labute approximate surface area is 332 Å². The van der Waals surface area contributed by atoms with E-state index < -0.39 is 0 Å². The number of aromatic nitrogens is 6. The molecule has 0 atom stereocenters. The molecular formula is C44H31ClN10O2. The van der Waals surface area contributed by atoms with Crippen LogP contribution in [0.15, 0.2) is 134 Å². The number of hydrogen-bond donors (Lipinski definition) is 2. The number of hydrogen-bond acceptors (Lipinski definition) is 11. The Bertz CT molecular complexity index is 2840. The molecule has 0 saturated carbocycles. The fraction of sp³-hybridized carbons (Fsp3) is 0.0455. The van der Waals surface area contributed by atoms with E-state index in [1.54, 1.807) is 12.4 Å². The van der Waals surface area contributed by atoms with Gasteiger partial charge in [0.05, 0.1) is 33.8 Å². The van der Waals surface area contributed by atoms with Crippen molar-refractivity contribution in [1.82, 2.24) is 29.9 Å². The Morgan fingerprint density at radius 3 is 1.47 bits per heavy atom. The summed E-state index contributed by atoms with van der Waals surface area (Å²) in [5.41, 5.74) is 13.7. The van der Waals surface area contributed by atoms with E-state index in [4.69, 9.17) is 5.73 Å². The van der Waals surface area contributed by atoms with Gasteiger partial charge in [0.15, 0.2) is 23.0 Å². The van der Waals surface area contributed by atoms with Gasteiger partial charge in [-0.05, 0) is 48.0 Å². The zero-order valence-electron chi connectivity index (χ0n) is 30.6. The maximum absolute atomic E-state index is 11.5. The van der Waals surface area contributed by atoms with Crippen LogP contribution >= 0.6 is 11.6 Å². The molecule has 1 amide bonds. The molecule has 276 valence electrons. The number of pyridine rings is 2. The van der Waals surface area contributed by atoms with Gasteiger partial charge in [-0.25, -0.2) is 19.9 Å². The number of nitrogen functional groups attached to an aromatic ring is 1. The third-order valence-corrected chi connectivity index (χ3v) is 8.17. The third kappa shape index (κ3) is 9.42. The van der Waals surface area contributed by atoms with Crippen LogP contribution in [0.4, 0.5) is 11.6 Å². The van der Waals surface area contributed by atoms with Crippen LogP contribution in [-0.2, 0) is 9.59 Å². The van der Waals surface area contributed by atoms with E-state index in [-0.39, 0.29) is 34.2 Å². The first kappa shape index (κ1) is 38.8. The van der Waals surface area contributed by atoms with Crippen molar-refractivity contribution in [2.24, 2.45) is 0 Å². The van der Waals surface area contributed by atoms with E-state index >= 15 is 0 Å². The summed E-state index contributed by atoms with van der Waals surface area (Å²) in [6, 6.07) is 42.7. The lowest BCUT2D eigenvalue weighted by Gasteiger charge is -2.13. The minimum absolute atomic E-state index is 0.0659. The normalized spacial score (nSPS) is 10.2. The van der Waals surface area contributed by atoms with E-state index in [1.807, 2.05) is 133 Å². The summed E-state index contributed by atoms with van der Waals surface area (Å²) in [6.45, 7) is 2.66. The molecule has 0 aliphatic carbocycles. The number of fused-ring (bicyclic) bond motifs is 2. The molecule has 0 bridgehead atoms. The Morgan fingerprint density at radius 1 is 0.579 bits per heavy atom. The third-order valence-electron chi connectivity index (χ3n) is 8.17. The van der Waals surface area contributed by atoms with Gasteiger partial charge in [0.25, 0.3) is 0 Å². The van der Waals surface area contributed by atoms with Crippen LogP contribution in [-0.4, -0.2) is 41.1 Å². The van der Waals surface area contributed by atoms with Crippen LogP contribution < -0.4 is 11.1 Å². The Morgan fingerprint density at radius 2 is 1.02 bits per heavy atom. The average Bonchev–Trinajstić information content (AvgIpc) is 3.23. The Balaban J connectivity index is 0.000000177. The number of rotatable bonds is 5. The first-order valence-corrected chi connectivity index (χ1v) is 17.7. The summed E-state index contributed by atoms with van der Waals surface area (Å²) < 4.78 is 0. The molecule has 13 heteroatoms. The lowest BCUT2D eigenvalue weighted by molar-refractivity contribution is -0.114. The smallest absolute Gasteiger partial charge is 0.222 e. The van der Waals surface area contributed by atoms with Gasteiger partial charge in [-0.3, -0.25) is 19.6 Å². The molecule has 0 unspecified atom stereocenters. The molecule has 0 aliphatic rings. The number of nitrogens with two attached hydrogens (primary N) is 1. The molecule has 3 N–H and O–H groups in total. The van der Waals surface area contributed by atoms with E-state index in [2.05, 4.69) is 46.8 Å². The molecule has 4 aromatic carbocycles. The van der Waals surface area contributed by atoms with Crippen molar-refractivity contribution in [1.29, 1.82) is 10.5 Å². The van der Waals surface area contributed by atoms with Crippen molar-refractivity contribution < 1.29 is 9.59 Å². The van der Waals surface area contributed by atoms with Crippen molar-refractivity contribution in [3.05, 3.63) is 145 Å².